The largest absolute Gasteiger partial charge is 0.501 e. The molecule has 120 valence electrons. The highest BCUT2D eigenvalue weighted by molar-refractivity contribution is 6.60. The van der Waals surface area contributed by atoms with Crippen LogP contribution in [0.5, 0.6) is 0 Å². The summed E-state index contributed by atoms with van der Waals surface area (Å²) in [7, 11) is 0.669. The van der Waals surface area contributed by atoms with E-state index in [1.54, 1.807) is 14.2 Å². The first kappa shape index (κ1) is 18.3. The molecule has 0 fully saturated rings. The Kier molecular flexibility index (Phi) is 8.75. The number of benzene rings is 1. The first-order valence-corrected chi connectivity index (χ1v) is 9.38. The molecule has 0 saturated heterocycles. The summed E-state index contributed by atoms with van der Waals surface area (Å²) in [5.74, 6) is 0. The number of nitrogens with one attached hydrogen (secondary N) is 1. The Morgan fingerprint density at radius 2 is 1.86 bits per heavy atom. The van der Waals surface area contributed by atoms with E-state index < -0.39 is 8.80 Å². The number of nitrogens with two attached hydrogens (primary N) is 1. The van der Waals surface area contributed by atoms with Gasteiger partial charge in [-0.1, -0.05) is 37.3 Å². The van der Waals surface area contributed by atoms with Gasteiger partial charge in [0.1, 0.15) is 6.23 Å². The molecule has 0 saturated carbocycles. The van der Waals surface area contributed by atoms with Crippen LogP contribution in [0.1, 0.15) is 25.3 Å². The number of hydrogen-bond acceptors (Lipinski definition) is 5. The van der Waals surface area contributed by atoms with Crippen molar-refractivity contribution in [3.63, 3.8) is 0 Å². The normalized spacial score (nSPS) is 13.3. The van der Waals surface area contributed by atoms with E-state index in [2.05, 4.69) is 24.4 Å². The summed E-state index contributed by atoms with van der Waals surface area (Å²) in [6, 6.07) is 11.0. The maximum atomic E-state index is 6.14. The predicted molar refractivity (Wildman–Crippen MR) is 86.7 cm³/mol. The average molecular weight is 312 g/mol. The van der Waals surface area contributed by atoms with Crippen molar-refractivity contribution in [2.45, 2.75) is 38.6 Å². The van der Waals surface area contributed by atoms with Crippen molar-refractivity contribution in [2.24, 2.45) is 5.73 Å². The molecule has 0 aliphatic rings. The van der Waals surface area contributed by atoms with Crippen LogP contribution in [0.25, 0.3) is 0 Å². The van der Waals surface area contributed by atoms with Crippen LogP contribution in [-0.2, 0) is 19.8 Å². The van der Waals surface area contributed by atoms with Crippen molar-refractivity contribution in [3.05, 3.63) is 35.9 Å². The molecule has 1 unspecified atom stereocenters. The molecule has 21 heavy (non-hydrogen) atoms. The fraction of sp³-hybridized carbons (Fsp3) is 0.600. The highest BCUT2D eigenvalue weighted by atomic mass is 28.4. The van der Waals surface area contributed by atoms with E-state index in [0.717, 1.165) is 25.4 Å². The van der Waals surface area contributed by atoms with Crippen molar-refractivity contribution in [1.29, 1.82) is 0 Å². The molecule has 6 heteroatoms. The van der Waals surface area contributed by atoms with Gasteiger partial charge in [-0.2, -0.15) is 0 Å². The Labute approximate surface area is 129 Å². The van der Waals surface area contributed by atoms with Crippen LogP contribution in [-0.4, -0.2) is 35.8 Å². The van der Waals surface area contributed by atoms with Crippen molar-refractivity contribution < 1.29 is 13.3 Å². The molecule has 0 bridgehead atoms. The Bertz CT molecular complexity index is 374. The van der Waals surface area contributed by atoms with Gasteiger partial charge in [0.2, 0.25) is 0 Å². The van der Waals surface area contributed by atoms with Gasteiger partial charge in [-0.3, -0.25) is 5.32 Å². The second kappa shape index (κ2) is 10.0. The second-order valence-electron chi connectivity index (χ2n) is 4.86. The lowest BCUT2D eigenvalue weighted by molar-refractivity contribution is 0.0361. The summed E-state index contributed by atoms with van der Waals surface area (Å²) in [5, 5.41) is 3.41. The lowest BCUT2D eigenvalue weighted by Gasteiger charge is -2.31. The van der Waals surface area contributed by atoms with Crippen molar-refractivity contribution >= 4 is 8.80 Å². The highest BCUT2D eigenvalue weighted by Crippen LogP contribution is 2.18. The number of hydrogen-bond donors (Lipinski definition) is 2. The molecule has 1 rings (SSSR count). The Morgan fingerprint density at radius 3 is 2.38 bits per heavy atom. The lowest BCUT2D eigenvalue weighted by Crippen LogP contribution is -2.50. The summed E-state index contributed by atoms with van der Waals surface area (Å²) in [5.41, 5.74) is 6.81. The molecular weight excluding hydrogens is 284 g/mol. The van der Waals surface area contributed by atoms with Crippen LogP contribution in [0.3, 0.4) is 0 Å². The van der Waals surface area contributed by atoms with E-state index in [9.17, 15) is 0 Å². The van der Waals surface area contributed by atoms with Gasteiger partial charge in [0, 0.05) is 26.8 Å². The molecule has 0 aromatic heterocycles. The van der Waals surface area contributed by atoms with E-state index in [1.807, 2.05) is 18.2 Å². The first-order chi connectivity index (χ1) is 10.2. The summed E-state index contributed by atoms with van der Waals surface area (Å²) >= 11 is 0. The molecule has 0 aliphatic carbocycles. The number of rotatable bonds is 11. The molecule has 0 heterocycles. The van der Waals surface area contributed by atoms with Gasteiger partial charge in [0.15, 0.2) is 0 Å². The topological polar surface area (TPSA) is 65.7 Å². The minimum Gasteiger partial charge on any atom is -0.377 e. The Balaban J connectivity index is 2.57. The van der Waals surface area contributed by atoms with Crippen LogP contribution in [0.15, 0.2) is 30.3 Å². The van der Waals surface area contributed by atoms with Gasteiger partial charge in [-0.05, 0) is 24.9 Å². The molecule has 1 atom stereocenters. The van der Waals surface area contributed by atoms with E-state index in [4.69, 9.17) is 19.0 Å². The van der Waals surface area contributed by atoms with Crippen molar-refractivity contribution in [3.8, 4) is 0 Å². The van der Waals surface area contributed by atoms with E-state index in [0.29, 0.717) is 6.54 Å². The maximum absolute atomic E-state index is 6.14. The van der Waals surface area contributed by atoms with E-state index in [1.165, 1.54) is 5.56 Å². The molecule has 3 N–H and O–H groups in total. The summed E-state index contributed by atoms with van der Waals surface area (Å²) in [6.45, 7) is 3.45. The summed E-state index contributed by atoms with van der Waals surface area (Å²) in [6.07, 6.45) is 1.59. The zero-order chi connectivity index (χ0) is 15.6. The molecular formula is C15H28N2O3Si. The molecule has 1 aromatic rings. The van der Waals surface area contributed by atoms with Crippen LogP contribution in [0, 0.1) is 0 Å². The molecule has 0 aliphatic heterocycles. The predicted octanol–water partition coefficient (Wildman–Crippen LogP) is 2.11. The Morgan fingerprint density at radius 1 is 1.19 bits per heavy atom. The molecule has 0 amide bonds. The van der Waals surface area contributed by atoms with Gasteiger partial charge < -0.3 is 19.0 Å². The zero-order valence-electron chi connectivity index (χ0n) is 13.3. The van der Waals surface area contributed by atoms with Gasteiger partial charge >= 0.3 is 8.80 Å². The molecule has 0 spiro atoms. The summed E-state index contributed by atoms with van der Waals surface area (Å²) < 4.78 is 17.3. The standard InChI is InChI=1S/C15H28N2O3Si/c1-4-15(17-13-14-9-6-5-7-10-14)20-21(18-2,19-3)12-8-11-16/h5-7,9-10,15,17H,4,8,11-13,16H2,1-3H3. The SMILES string of the molecule is CCC(NCc1ccccc1)O[Si](CCCN)(OC)OC. The van der Waals surface area contributed by atoms with Crippen LogP contribution in [0.4, 0.5) is 0 Å². The smallest absolute Gasteiger partial charge is 0.377 e. The average Bonchev–Trinajstić information content (AvgIpc) is 2.56. The minimum atomic E-state index is -2.63. The second-order valence-corrected chi connectivity index (χ2v) is 7.78. The molecule has 1 aromatic carbocycles. The fourth-order valence-electron chi connectivity index (χ4n) is 2.07. The third-order valence-electron chi connectivity index (χ3n) is 3.38. The third kappa shape index (κ3) is 6.25. The van der Waals surface area contributed by atoms with Crippen LogP contribution >= 0.6 is 0 Å². The maximum Gasteiger partial charge on any atom is 0.501 e. The zero-order valence-corrected chi connectivity index (χ0v) is 14.3. The first-order valence-electron chi connectivity index (χ1n) is 7.45. The van der Waals surface area contributed by atoms with Gasteiger partial charge in [-0.15, -0.1) is 0 Å². The quantitative estimate of drug-likeness (QED) is 0.484. The van der Waals surface area contributed by atoms with Gasteiger partial charge in [0.25, 0.3) is 0 Å². The molecule has 5 nitrogen and oxygen atoms in total. The van der Waals surface area contributed by atoms with Crippen LogP contribution in [0.2, 0.25) is 6.04 Å². The monoisotopic (exact) mass is 312 g/mol. The van der Waals surface area contributed by atoms with Crippen LogP contribution < -0.4 is 11.1 Å². The molecule has 0 radical (unpaired) electrons. The van der Waals surface area contributed by atoms with E-state index in [-0.39, 0.29) is 6.23 Å². The fourth-order valence-corrected chi connectivity index (χ4v) is 4.28. The minimum absolute atomic E-state index is 0.0884. The lowest BCUT2D eigenvalue weighted by atomic mass is 10.2. The summed E-state index contributed by atoms with van der Waals surface area (Å²) in [4.78, 5) is 0. The Hall–Kier alpha value is -0.763. The van der Waals surface area contributed by atoms with Crippen molar-refractivity contribution in [2.75, 3.05) is 20.8 Å². The van der Waals surface area contributed by atoms with Crippen molar-refractivity contribution in [1.82, 2.24) is 5.32 Å². The third-order valence-corrected chi connectivity index (χ3v) is 6.23. The van der Waals surface area contributed by atoms with Gasteiger partial charge in [0.05, 0.1) is 0 Å². The van der Waals surface area contributed by atoms with E-state index >= 15 is 0 Å². The highest BCUT2D eigenvalue weighted by Gasteiger charge is 2.40. The van der Waals surface area contributed by atoms with Gasteiger partial charge in [-0.25, -0.2) is 0 Å².